The van der Waals surface area contributed by atoms with Gasteiger partial charge in [0, 0.05) is 22.9 Å². The molecule has 5 heteroatoms. The summed E-state index contributed by atoms with van der Waals surface area (Å²) in [5.41, 5.74) is 3.68. The Morgan fingerprint density at radius 3 is 2.83 bits per heavy atom. The Bertz CT molecular complexity index is 962. The van der Waals surface area contributed by atoms with Crippen LogP contribution in [-0.4, -0.2) is 41.8 Å². The van der Waals surface area contributed by atoms with Gasteiger partial charge in [0.2, 0.25) is 0 Å². The molecule has 1 fully saturated rings. The highest BCUT2D eigenvalue weighted by atomic mass is 35.5. The maximum Gasteiger partial charge on any atom is 0.166 e. The normalized spacial score (nSPS) is 33.4. The van der Waals surface area contributed by atoms with Crippen molar-refractivity contribution in [3.63, 3.8) is 0 Å². The maximum atomic E-state index is 10.8. The Kier molecular flexibility index (Phi) is 4.43. The molecule has 2 aliphatic carbocycles. The lowest BCUT2D eigenvalue weighted by molar-refractivity contribution is -0.0454. The number of ether oxygens (including phenoxy) is 2. The van der Waals surface area contributed by atoms with Crippen molar-refractivity contribution in [1.82, 2.24) is 4.90 Å². The minimum absolute atomic E-state index is 0. The number of hydrogen-bond acceptors (Lipinski definition) is 4. The SMILES string of the molecule is CN1CC[C@]23c4c5ccc(OCc6ccccc6)c4O[C@H]2[C@@H](O)C=CC3[C@H]1C5.Cl. The van der Waals surface area contributed by atoms with Crippen LogP contribution in [0.4, 0.5) is 0 Å². The highest BCUT2D eigenvalue weighted by Crippen LogP contribution is 2.62. The molecular formula is C24H26ClNO3. The van der Waals surface area contributed by atoms with Crippen LogP contribution in [0, 0.1) is 5.92 Å². The van der Waals surface area contributed by atoms with E-state index in [1.54, 1.807) is 0 Å². The standard InChI is InChI=1S/C24H25NO3.ClH/c1-25-12-11-24-17-8-9-19(26)23(24)28-22-20(27-14-15-5-3-2-4-6-15)10-7-16(21(22)24)13-18(17)25;/h2-10,17-19,23,26H,11-14H2,1H3;1H/t17?,18-,19+,23+,24+;/m1./s1. The number of likely N-dealkylation sites (tertiary alicyclic amines) is 1. The quantitative estimate of drug-likeness (QED) is 0.785. The average Bonchev–Trinajstić information content (AvgIpc) is 3.07. The molecule has 6 rings (SSSR count). The second kappa shape index (κ2) is 6.76. The molecule has 0 amide bonds. The van der Waals surface area contributed by atoms with Gasteiger partial charge in [-0.15, -0.1) is 12.4 Å². The van der Waals surface area contributed by atoms with Crippen LogP contribution in [0.25, 0.3) is 0 Å². The second-order valence-electron chi connectivity index (χ2n) is 8.68. The zero-order valence-corrected chi connectivity index (χ0v) is 17.3. The lowest BCUT2D eigenvalue weighted by atomic mass is 9.53. The first kappa shape index (κ1) is 19.0. The van der Waals surface area contributed by atoms with Gasteiger partial charge in [0.15, 0.2) is 11.5 Å². The Balaban J connectivity index is 0.00000181. The van der Waals surface area contributed by atoms with Crippen molar-refractivity contribution in [2.24, 2.45) is 5.92 Å². The van der Waals surface area contributed by atoms with E-state index in [0.29, 0.717) is 18.6 Å². The molecule has 2 aromatic rings. The minimum Gasteiger partial charge on any atom is -0.485 e. The van der Waals surface area contributed by atoms with Gasteiger partial charge in [0.25, 0.3) is 0 Å². The molecule has 1 spiro atoms. The van der Waals surface area contributed by atoms with Gasteiger partial charge in [-0.05, 0) is 43.6 Å². The van der Waals surface area contributed by atoms with Crippen molar-refractivity contribution in [2.75, 3.05) is 13.6 Å². The van der Waals surface area contributed by atoms with Crippen molar-refractivity contribution in [3.8, 4) is 11.5 Å². The number of benzene rings is 2. The summed E-state index contributed by atoms with van der Waals surface area (Å²) in [4.78, 5) is 2.48. The number of aliphatic hydroxyl groups is 1. The minimum atomic E-state index is -0.569. The highest BCUT2D eigenvalue weighted by molar-refractivity contribution is 5.85. The summed E-state index contributed by atoms with van der Waals surface area (Å²) in [6.07, 6.45) is 5.45. The van der Waals surface area contributed by atoms with Gasteiger partial charge < -0.3 is 19.5 Å². The topological polar surface area (TPSA) is 41.9 Å². The molecule has 2 aliphatic heterocycles. The Morgan fingerprint density at radius 1 is 1.17 bits per heavy atom. The summed E-state index contributed by atoms with van der Waals surface area (Å²) in [7, 11) is 2.23. The van der Waals surface area contributed by atoms with E-state index < -0.39 is 6.10 Å². The van der Waals surface area contributed by atoms with Gasteiger partial charge in [0.1, 0.15) is 18.8 Å². The molecular weight excluding hydrogens is 386 g/mol. The molecule has 2 bridgehead atoms. The number of hydrogen-bond donors (Lipinski definition) is 1. The average molecular weight is 412 g/mol. The number of nitrogens with zero attached hydrogens (tertiary/aromatic N) is 1. The Morgan fingerprint density at radius 2 is 2.00 bits per heavy atom. The Labute approximate surface area is 177 Å². The van der Waals surface area contributed by atoms with E-state index in [-0.39, 0.29) is 23.9 Å². The fourth-order valence-corrected chi connectivity index (χ4v) is 6.08. The first-order chi connectivity index (χ1) is 13.7. The first-order valence-corrected chi connectivity index (χ1v) is 10.2. The largest absolute Gasteiger partial charge is 0.485 e. The van der Waals surface area contributed by atoms with Crippen LogP contribution in [0.5, 0.6) is 11.5 Å². The maximum absolute atomic E-state index is 10.8. The third-order valence-electron chi connectivity index (χ3n) is 7.37. The molecule has 0 aromatic heterocycles. The van der Waals surface area contributed by atoms with E-state index in [1.165, 1.54) is 11.1 Å². The van der Waals surface area contributed by atoms with Crippen molar-refractivity contribution < 1.29 is 14.6 Å². The lowest BCUT2D eigenvalue weighted by Gasteiger charge is -2.56. The molecule has 29 heavy (non-hydrogen) atoms. The number of piperidine rings is 1. The number of rotatable bonds is 3. The van der Waals surface area contributed by atoms with Crippen molar-refractivity contribution in [2.45, 2.75) is 43.1 Å². The van der Waals surface area contributed by atoms with Gasteiger partial charge in [-0.2, -0.15) is 0 Å². The smallest absolute Gasteiger partial charge is 0.166 e. The van der Waals surface area contributed by atoms with Crippen LogP contribution in [0.2, 0.25) is 0 Å². The molecule has 4 nitrogen and oxygen atoms in total. The monoisotopic (exact) mass is 411 g/mol. The van der Waals surface area contributed by atoms with Gasteiger partial charge in [-0.1, -0.05) is 48.6 Å². The summed E-state index contributed by atoms with van der Waals surface area (Å²) in [6.45, 7) is 1.55. The van der Waals surface area contributed by atoms with Crippen LogP contribution in [0.15, 0.2) is 54.6 Å². The van der Waals surface area contributed by atoms with Gasteiger partial charge in [-0.25, -0.2) is 0 Å². The summed E-state index contributed by atoms with van der Waals surface area (Å²) in [6, 6.07) is 15.0. The van der Waals surface area contributed by atoms with E-state index in [1.807, 2.05) is 24.3 Å². The van der Waals surface area contributed by atoms with Gasteiger partial charge in [-0.3, -0.25) is 0 Å². The number of likely N-dealkylation sites (N-methyl/N-ethyl adjacent to an activating group) is 1. The molecule has 0 saturated carbocycles. The van der Waals surface area contributed by atoms with E-state index >= 15 is 0 Å². The second-order valence-corrected chi connectivity index (χ2v) is 8.68. The molecule has 152 valence electrons. The number of halogens is 1. The highest BCUT2D eigenvalue weighted by Gasteiger charge is 2.64. The first-order valence-electron chi connectivity index (χ1n) is 10.2. The summed E-state index contributed by atoms with van der Waals surface area (Å²) in [5, 5.41) is 10.8. The van der Waals surface area contributed by atoms with E-state index in [0.717, 1.165) is 36.4 Å². The molecule has 1 saturated heterocycles. The van der Waals surface area contributed by atoms with Crippen molar-refractivity contribution >= 4 is 12.4 Å². The van der Waals surface area contributed by atoms with E-state index in [9.17, 15) is 5.11 Å². The van der Waals surface area contributed by atoms with E-state index in [4.69, 9.17) is 9.47 Å². The van der Waals surface area contributed by atoms with Gasteiger partial charge in [0.05, 0.1) is 0 Å². The zero-order chi connectivity index (χ0) is 18.9. The molecule has 5 atom stereocenters. The van der Waals surface area contributed by atoms with Crippen LogP contribution in [0.3, 0.4) is 0 Å². The van der Waals surface area contributed by atoms with Crippen LogP contribution in [0.1, 0.15) is 23.1 Å². The zero-order valence-electron chi connectivity index (χ0n) is 16.5. The lowest BCUT2D eigenvalue weighted by Crippen LogP contribution is -2.64. The summed E-state index contributed by atoms with van der Waals surface area (Å²) >= 11 is 0. The van der Waals surface area contributed by atoms with Crippen LogP contribution >= 0.6 is 12.4 Å². The fraction of sp³-hybridized carbons (Fsp3) is 0.417. The summed E-state index contributed by atoms with van der Waals surface area (Å²) < 4.78 is 12.7. The molecule has 0 radical (unpaired) electrons. The molecule has 4 aliphatic rings. The predicted molar refractivity (Wildman–Crippen MR) is 114 cm³/mol. The number of aliphatic hydroxyl groups excluding tert-OH is 1. The van der Waals surface area contributed by atoms with Crippen molar-refractivity contribution in [3.05, 3.63) is 71.3 Å². The molecule has 1 unspecified atom stereocenters. The van der Waals surface area contributed by atoms with Crippen LogP contribution < -0.4 is 9.47 Å². The fourth-order valence-electron chi connectivity index (χ4n) is 6.08. The third-order valence-corrected chi connectivity index (χ3v) is 7.37. The molecule has 2 heterocycles. The van der Waals surface area contributed by atoms with Crippen molar-refractivity contribution in [1.29, 1.82) is 0 Å². The Hall–Kier alpha value is -2.01. The van der Waals surface area contributed by atoms with E-state index in [2.05, 4.69) is 42.3 Å². The van der Waals surface area contributed by atoms with Crippen LogP contribution in [-0.2, 0) is 18.4 Å². The third kappa shape index (κ3) is 2.52. The van der Waals surface area contributed by atoms with Gasteiger partial charge >= 0.3 is 0 Å². The summed E-state index contributed by atoms with van der Waals surface area (Å²) in [5.74, 6) is 2.06. The predicted octanol–water partition coefficient (Wildman–Crippen LogP) is 3.49. The molecule has 2 aromatic carbocycles. The molecule has 1 N–H and O–H groups in total.